The van der Waals surface area contributed by atoms with Gasteiger partial charge in [0.15, 0.2) is 0 Å². The molecule has 6 nitrogen and oxygen atoms in total. The van der Waals surface area contributed by atoms with Crippen molar-refractivity contribution >= 4 is 0 Å². The highest BCUT2D eigenvalue weighted by molar-refractivity contribution is 5.86. The van der Waals surface area contributed by atoms with E-state index in [1.165, 1.54) is 22.3 Å². The fourth-order valence-corrected chi connectivity index (χ4v) is 6.88. The Balaban J connectivity index is 0.000000214. The molecule has 0 unspecified atom stereocenters. The minimum absolute atomic E-state index is 0.0167. The zero-order valence-electron chi connectivity index (χ0n) is 28.3. The van der Waals surface area contributed by atoms with E-state index in [2.05, 4.69) is 86.6 Å². The molecule has 1 aliphatic carbocycles. The quantitative estimate of drug-likeness (QED) is 0.117. The number of aromatic hydroxyl groups is 2. The highest BCUT2D eigenvalue weighted by atomic mass is 16.5. The molecule has 50 heavy (non-hydrogen) atoms. The van der Waals surface area contributed by atoms with Crippen LogP contribution in [-0.2, 0) is 10.8 Å². The summed E-state index contributed by atoms with van der Waals surface area (Å²) in [5, 5.41) is 36.8. The largest absolute Gasteiger partial charge is 0.508 e. The topological polar surface area (TPSA) is 99.4 Å². The monoisotopic (exact) mass is 666 g/mol. The predicted octanol–water partition coefficient (Wildman–Crippen LogP) is 8.22. The molecule has 0 spiro atoms. The number of aliphatic hydroxyl groups excluding tert-OH is 2. The number of benzene rings is 6. The summed E-state index contributed by atoms with van der Waals surface area (Å²) in [6.45, 7) is 4.74. The summed E-state index contributed by atoms with van der Waals surface area (Å²) in [5.74, 6) is 2.01. The summed E-state index contributed by atoms with van der Waals surface area (Å²) in [6, 6.07) is 47.9. The summed E-state index contributed by atoms with van der Waals surface area (Å²) < 4.78 is 11.2. The van der Waals surface area contributed by atoms with Crippen molar-refractivity contribution in [1.29, 1.82) is 0 Å². The molecule has 6 heteroatoms. The van der Waals surface area contributed by atoms with E-state index in [0.717, 1.165) is 33.8 Å². The van der Waals surface area contributed by atoms with Gasteiger partial charge in [0.1, 0.15) is 36.2 Å². The van der Waals surface area contributed by atoms with Crippen LogP contribution in [0.3, 0.4) is 0 Å². The first-order chi connectivity index (χ1) is 24.3. The second-order valence-corrected chi connectivity index (χ2v) is 12.8. The second-order valence-electron chi connectivity index (χ2n) is 12.8. The van der Waals surface area contributed by atoms with E-state index in [4.69, 9.17) is 19.7 Å². The maximum atomic E-state index is 9.30. The molecular formula is C44H42O6. The van der Waals surface area contributed by atoms with Gasteiger partial charge in [-0.15, -0.1) is 0 Å². The van der Waals surface area contributed by atoms with Crippen LogP contribution >= 0.6 is 0 Å². The number of phenolic OH excluding ortho intramolecular Hbond substituents is 2. The molecule has 0 heterocycles. The second kappa shape index (κ2) is 14.9. The first kappa shape index (κ1) is 34.3. The molecule has 0 bridgehead atoms. The average molecular weight is 667 g/mol. The van der Waals surface area contributed by atoms with Crippen LogP contribution in [-0.4, -0.2) is 46.9 Å². The summed E-state index contributed by atoms with van der Waals surface area (Å²) in [5.41, 5.74) is 8.82. The highest BCUT2D eigenvalue weighted by Gasteiger charge is 2.45. The lowest BCUT2D eigenvalue weighted by Crippen LogP contribution is -2.28. The van der Waals surface area contributed by atoms with Crippen LogP contribution in [0.25, 0.3) is 11.1 Å². The third kappa shape index (κ3) is 6.68. The molecule has 0 aliphatic heterocycles. The molecule has 4 N–H and O–H groups in total. The van der Waals surface area contributed by atoms with Crippen molar-refractivity contribution in [3.8, 4) is 34.1 Å². The average Bonchev–Trinajstić information content (AvgIpc) is 3.45. The van der Waals surface area contributed by atoms with E-state index in [0.29, 0.717) is 0 Å². The minimum Gasteiger partial charge on any atom is -0.508 e. The van der Waals surface area contributed by atoms with Crippen LogP contribution in [0.5, 0.6) is 23.0 Å². The Bertz CT molecular complexity index is 1850. The fraction of sp³-hybridized carbons (Fsp3) is 0.182. The van der Waals surface area contributed by atoms with Crippen LogP contribution in [0.2, 0.25) is 0 Å². The molecule has 7 rings (SSSR count). The Morgan fingerprint density at radius 2 is 0.840 bits per heavy atom. The van der Waals surface area contributed by atoms with E-state index >= 15 is 0 Å². The smallest absolute Gasteiger partial charge is 0.119 e. The first-order valence-corrected chi connectivity index (χ1v) is 16.8. The van der Waals surface area contributed by atoms with Gasteiger partial charge in [-0.2, -0.15) is 0 Å². The molecule has 0 fully saturated rings. The van der Waals surface area contributed by atoms with E-state index in [-0.39, 0.29) is 43.3 Å². The molecule has 0 saturated carbocycles. The Labute approximate surface area is 293 Å². The lowest BCUT2D eigenvalue weighted by Gasteiger charge is -2.34. The number of aliphatic hydroxyl groups is 2. The van der Waals surface area contributed by atoms with E-state index in [9.17, 15) is 10.2 Å². The molecule has 0 atom stereocenters. The van der Waals surface area contributed by atoms with Crippen LogP contribution < -0.4 is 9.47 Å². The van der Waals surface area contributed by atoms with Gasteiger partial charge in [0.2, 0.25) is 0 Å². The number of rotatable bonds is 10. The zero-order valence-corrected chi connectivity index (χ0v) is 28.3. The molecule has 6 aromatic rings. The third-order valence-electron chi connectivity index (χ3n) is 9.42. The first-order valence-electron chi connectivity index (χ1n) is 16.8. The van der Waals surface area contributed by atoms with Gasteiger partial charge in [0, 0.05) is 5.41 Å². The molecule has 6 aromatic carbocycles. The van der Waals surface area contributed by atoms with Crippen molar-refractivity contribution in [2.75, 3.05) is 26.4 Å². The maximum Gasteiger partial charge on any atom is 0.119 e. The van der Waals surface area contributed by atoms with Crippen LogP contribution in [0.15, 0.2) is 146 Å². The van der Waals surface area contributed by atoms with Crippen molar-refractivity contribution in [3.05, 3.63) is 179 Å². The van der Waals surface area contributed by atoms with Crippen molar-refractivity contribution in [1.82, 2.24) is 0 Å². The molecule has 1 aliphatic rings. The number of phenols is 2. The SMILES string of the molecule is CC(C)(c1ccc(O)cc1)c1ccc(O)cc1.OCCOc1ccc(C2(c3ccc(OCCO)cc3)c3ccccc3-c3ccccc32)cc1. The van der Waals surface area contributed by atoms with E-state index in [1.54, 1.807) is 24.3 Å². The lowest BCUT2D eigenvalue weighted by molar-refractivity contribution is 0.201. The van der Waals surface area contributed by atoms with Crippen molar-refractivity contribution in [2.45, 2.75) is 24.7 Å². The van der Waals surface area contributed by atoms with Gasteiger partial charge in [-0.25, -0.2) is 0 Å². The fourth-order valence-electron chi connectivity index (χ4n) is 6.88. The summed E-state index contributed by atoms with van der Waals surface area (Å²) in [6.07, 6.45) is 0. The van der Waals surface area contributed by atoms with Crippen LogP contribution in [0.4, 0.5) is 0 Å². The normalized spacial score (nSPS) is 12.6. The molecule has 0 radical (unpaired) electrons. The molecule has 0 amide bonds. The van der Waals surface area contributed by atoms with Gasteiger partial charge in [-0.1, -0.05) is 111 Å². The summed E-state index contributed by atoms with van der Waals surface area (Å²) in [7, 11) is 0. The van der Waals surface area contributed by atoms with E-state index < -0.39 is 5.41 Å². The Kier molecular flexibility index (Phi) is 10.2. The van der Waals surface area contributed by atoms with Crippen LogP contribution in [0, 0.1) is 0 Å². The van der Waals surface area contributed by atoms with Crippen LogP contribution in [0.1, 0.15) is 47.2 Å². The number of ether oxygens (including phenoxy) is 2. The van der Waals surface area contributed by atoms with Gasteiger partial charge < -0.3 is 29.9 Å². The number of fused-ring (bicyclic) bond motifs is 3. The zero-order chi connectivity index (χ0) is 35.1. The van der Waals surface area contributed by atoms with Gasteiger partial charge in [-0.05, 0) is 93.0 Å². The van der Waals surface area contributed by atoms with Gasteiger partial charge in [0.25, 0.3) is 0 Å². The highest BCUT2D eigenvalue weighted by Crippen LogP contribution is 2.56. The standard InChI is InChI=1S/C29H26O4.C15H16O2/c30-17-19-32-23-13-9-21(10-14-23)29(22-11-15-24(16-12-22)33-20-18-31)27-7-3-1-5-25(27)26-6-2-4-8-28(26)29;1-15(2,11-3-7-13(16)8-4-11)12-5-9-14(17)10-6-12/h1-16,30-31H,17-20H2;3-10,16-17H,1-2H3. The van der Waals surface area contributed by atoms with E-state index in [1.807, 2.05) is 48.5 Å². The number of hydrogen-bond acceptors (Lipinski definition) is 6. The molecular weight excluding hydrogens is 624 g/mol. The maximum absolute atomic E-state index is 9.30. The minimum atomic E-state index is -0.488. The Morgan fingerprint density at radius 1 is 0.480 bits per heavy atom. The van der Waals surface area contributed by atoms with Crippen molar-refractivity contribution in [3.63, 3.8) is 0 Å². The van der Waals surface area contributed by atoms with Gasteiger partial charge >= 0.3 is 0 Å². The van der Waals surface area contributed by atoms with Gasteiger partial charge in [0.05, 0.1) is 18.6 Å². The number of hydrogen-bond donors (Lipinski definition) is 4. The lowest BCUT2D eigenvalue weighted by atomic mass is 9.68. The summed E-state index contributed by atoms with van der Waals surface area (Å²) >= 11 is 0. The molecule has 254 valence electrons. The summed E-state index contributed by atoms with van der Waals surface area (Å²) in [4.78, 5) is 0. The van der Waals surface area contributed by atoms with Crippen molar-refractivity contribution in [2.24, 2.45) is 0 Å². The molecule has 0 saturated heterocycles. The Morgan fingerprint density at radius 3 is 1.20 bits per heavy atom. The third-order valence-corrected chi connectivity index (χ3v) is 9.42. The predicted molar refractivity (Wildman–Crippen MR) is 197 cm³/mol. The van der Waals surface area contributed by atoms with Crippen molar-refractivity contribution < 1.29 is 29.9 Å². The molecule has 0 aromatic heterocycles. The van der Waals surface area contributed by atoms with Gasteiger partial charge in [-0.3, -0.25) is 0 Å². The Hall–Kier alpha value is -5.56.